The number of halogens is 5. The Morgan fingerprint density at radius 1 is 1.22 bits per heavy atom. The van der Waals surface area contributed by atoms with E-state index in [1.807, 2.05) is 0 Å². The second kappa shape index (κ2) is 9.07. The molecule has 0 unspecified atom stereocenters. The summed E-state index contributed by atoms with van der Waals surface area (Å²) in [6, 6.07) is 1.82. The predicted octanol–water partition coefficient (Wildman–Crippen LogP) is 3.01. The molecule has 0 bridgehead atoms. The summed E-state index contributed by atoms with van der Waals surface area (Å²) >= 11 is 7.20. The Morgan fingerprint density at radius 2 is 1.89 bits per heavy atom. The van der Waals surface area contributed by atoms with Gasteiger partial charge in [0.05, 0.1) is 23.0 Å². The molecule has 36 heavy (non-hydrogen) atoms. The van der Waals surface area contributed by atoms with Gasteiger partial charge < -0.3 is 4.74 Å². The Morgan fingerprint density at radius 3 is 2.47 bits per heavy atom. The molecule has 1 saturated carbocycles. The van der Waals surface area contributed by atoms with Crippen molar-refractivity contribution in [2.24, 2.45) is 12.0 Å². The summed E-state index contributed by atoms with van der Waals surface area (Å²) in [5.41, 5.74) is -5.24. The molecule has 2 fully saturated rings. The number of benzene rings is 1. The highest BCUT2D eigenvalue weighted by molar-refractivity contribution is 8.16. The van der Waals surface area contributed by atoms with Gasteiger partial charge in [-0.05, 0) is 31.9 Å². The molecule has 1 amide bonds. The lowest BCUT2D eigenvalue weighted by Crippen LogP contribution is -2.41. The second-order valence-electron chi connectivity index (χ2n) is 7.98. The molecular formula is C21H17ClF4N4O5S. The van der Waals surface area contributed by atoms with Crippen LogP contribution in [0.4, 0.5) is 23.2 Å². The van der Waals surface area contributed by atoms with Crippen molar-refractivity contribution in [3.05, 3.63) is 55.6 Å². The zero-order valence-corrected chi connectivity index (χ0v) is 20.3. The smallest absolute Gasteiger partial charge is 0.431 e. The lowest BCUT2D eigenvalue weighted by Gasteiger charge is -2.16. The number of amidine groups is 1. The summed E-state index contributed by atoms with van der Waals surface area (Å²) in [4.78, 5) is 55.3. The molecule has 1 spiro atoms. The number of rotatable bonds is 5. The standard InChI is InChI=1S/C21H17ClF4N4O5S/c1-3-35-16(32)9-29-17(33)20(4-5-20)36-18(29)27-12-7-13(11(23)6-10(12)22)30-15(31)8-14(21(24,25)26)28(2)19(30)34/h6-8H,3-5,9H2,1-2H3. The summed E-state index contributed by atoms with van der Waals surface area (Å²) in [7, 11) is 0.791. The van der Waals surface area contributed by atoms with Crippen molar-refractivity contribution in [2.75, 3.05) is 13.2 Å². The topological polar surface area (TPSA) is 103 Å². The number of hydrogen-bond acceptors (Lipinski definition) is 7. The van der Waals surface area contributed by atoms with Gasteiger partial charge in [-0.3, -0.25) is 23.9 Å². The van der Waals surface area contributed by atoms with Crippen LogP contribution in [0.3, 0.4) is 0 Å². The van der Waals surface area contributed by atoms with Crippen LogP contribution >= 0.6 is 23.4 Å². The highest BCUT2D eigenvalue weighted by atomic mass is 35.5. The highest BCUT2D eigenvalue weighted by Crippen LogP contribution is 2.55. The first-order chi connectivity index (χ1) is 16.8. The van der Waals surface area contributed by atoms with Crippen LogP contribution in [-0.4, -0.2) is 49.0 Å². The summed E-state index contributed by atoms with van der Waals surface area (Å²) in [6.45, 7) is 1.27. The van der Waals surface area contributed by atoms with E-state index in [1.165, 1.54) is 0 Å². The Kier molecular flexibility index (Phi) is 6.54. The van der Waals surface area contributed by atoms with Crippen LogP contribution in [0, 0.1) is 5.82 Å². The van der Waals surface area contributed by atoms with E-state index in [2.05, 4.69) is 4.99 Å². The number of thioether (sulfide) groups is 1. The summed E-state index contributed by atoms with van der Waals surface area (Å²) < 4.78 is 58.8. The first-order valence-corrected chi connectivity index (χ1v) is 11.6. The van der Waals surface area contributed by atoms with Gasteiger partial charge in [0.15, 0.2) is 5.17 Å². The van der Waals surface area contributed by atoms with E-state index in [9.17, 15) is 36.7 Å². The van der Waals surface area contributed by atoms with E-state index in [1.54, 1.807) is 6.92 Å². The minimum atomic E-state index is -4.99. The number of aromatic nitrogens is 2. The molecule has 192 valence electrons. The molecule has 1 aliphatic heterocycles. The number of aliphatic imine (C=N–C) groups is 1. The van der Waals surface area contributed by atoms with Crippen molar-refractivity contribution >= 4 is 46.1 Å². The van der Waals surface area contributed by atoms with Gasteiger partial charge in [-0.25, -0.2) is 18.7 Å². The molecule has 1 aromatic heterocycles. The number of carbonyl (C=O) groups is 2. The number of alkyl halides is 3. The third-order valence-corrected chi connectivity index (χ3v) is 7.30. The van der Waals surface area contributed by atoms with Crippen LogP contribution in [0.1, 0.15) is 25.5 Å². The molecule has 1 saturated heterocycles. The fourth-order valence-corrected chi connectivity index (χ4v) is 5.05. The maximum Gasteiger partial charge on any atom is 0.431 e. The van der Waals surface area contributed by atoms with Crippen molar-refractivity contribution in [3.8, 4) is 5.69 Å². The van der Waals surface area contributed by atoms with Crippen molar-refractivity contribution in [2.45, 2.75) is 30.7 Å². The summed E-state index contributed by atoms with van der Waals surface area (Å²) in [5, 5.41) is -0.195. The number of ether oxygens (including phenoxy) is 1. The van der Waals surface area contributed by atoms with Crippen molar-refractivity contribution in [1.29, 1.82) is 0 Å². The number of hydrogen-bond donors (Lipinski definition) is 0. The van der Waals surface area contributed by atoms with Gasteiger partial charge in [0.25, 0.3) is 5.56 Å². The van der Waals surface area contributed by atoms with Gasteiger partial charge in [0.1, 0.15) is 22.8 Å². The van der Waals surface area contributed by atoms with Crippen LogP contribution in [0.15, 0.2) is 32.8 Å². The van der Waals surface area contributed by atoms with Crippen LogP contribution in [0.2, 0.25) is 5.02 Å². The molecule has 1 aliphatic carbocycles. The Labute approximate surface area is 209 Å². The van der Waals surface area contributed by atoms with Gasteiger partial charge in [-0.15, -0.1) is 0 Å². The molecule has 15 heteroatoms. The molecule has 9 nitrogen and oxygen atoms in total. The van der Waals surface area contributed by atoms with Gasteiger partial charge in [0.2, 0.25) is 5.91 Å². The zero-order valence-electron chi connectivity index (χ0n) is 18.7. The maximum absolute atomic E-state index is 14.8. The van der Waals surface area contributed by atoms with E-state index < -0.39 is 51.9 Å². The predicted molar refractivity (Wildman–Crippen MR) is 122 cm³/mol. The molecular weight excluding hydrogens is 532 g/mol. The highest BCUT2D eigenvalue weighted by Gasteiger charge is 2.60. The normalized spacial score (nSPS) is 17.8. The lowest BCUT2D eigenvalue weighted by atomic mass is 10.2. The molecule has 0 radical (unpaired) electrons. The average molecular weight is 549 g/mol. The number of esters is 1. The minimum absolute atomic E-state index is 0.0673. The van der Waals surface area contributed by atoms with Gasteiger partial charge in [-0.2, -0.15) is 13.2 Å². The molecule has 0 N–H and O–H groups in total. The van der Waals surface area contributed by atoms with E-state index >= 15 is 0 Å². The average Bonchev–Trinajstić information content (AvgIpc) is 3.51. The summed E-state index contributed by atoms with van der Waals surface area (Å²) in [6.07, 6.45) is -3.89. The van der Waals surface area contributed by atoms with E-state index in [4.69, 9.17) is 16.3 Å². The van der Waals surface area contributed by atoms with Gasteiger partial charge >= 0.3 is 17.8 Å². The summed E-state index contributed by atoms with van der Waals surface area (Å²) in [5.74, 6) is -2.20. The van der Waals surface area contributed by atoms with E-state index in [0.29, 0.717) is 12.8 Å². The third-order valence-electron chi connectivity index (χ3n) is 5.53. The Balaban J connectivity index is 1.82. The number of carbonyl (C=O) groups excluding carboxylic acids is 2. The maximum atomic E-state index is 14.8. The quantitative estimate of drug-likeness (QED) is 0.420. The van der Waals surface area contributed by atoms with Gasteiger partial charge in [0, 0.05) is 13.1 Å². The first-order valence-electron chi connectivity index (χ1n) is 10.4. The fraction of sp³-hybridized carbons (Fsp3) is 0.381. The molecule has 2 aliphatic rings. The second-order valence-corrected chi connectivity index (χ2v) is 9.74. The largest absolute Gasteiger partial charge is 0.465 e. The van der Waals surface area contributed by atoms with Crippen molar-refractivity contribution < 1.29 is 31.9 Å². The molecule has 0 atom stereocenters. The molecule has 1 aromatic carbocycles. The Bertz CT molecular complexity index is 1430. The zero-order chi connectivity index (χ0) is 26.6. The van der Waals surface area contributed by atoms with Crippen LogP contribution in [0.5, 0.6) is 0 Å². The monoisotopic (exact) mass is 548 g/mol. The van der Waals surface area contributed by atoms with Crippen LogP contribution in [-0.2, 0) is 27.5 Å². The van der Waals surface area contributed by atoms with Crippen LogP contribution in [0.25, 0.3) is 5.69 Å². The molecule has 2 aromatic rings. The number of amides is 1. The fourth-order valence-electron chi connectivity index (χ4n) is 3.60. The SMILES string of the molecule is CCOC(=O)CN1C(=O)C2(CC2)SC1=Nc1cc(-n2c(=O)cc(C(F)(F)F)n(C)c2=O)c(F)cc1Cl. The Hall–Kier alpha value is -3.13. The number of nitrogens with zero attached hydrogens (tertiary/aromatic N) is 4. The minimum Gasteiger partial charge on any atom is -0.465 e. The lowest BCUT2D eigenvalue weighted by molar-refractivity contribution is -0.146. The third kappa shape index (κ3) is 4.54. The van der Waals surface area contributed by atoms with Crippen LogP contribution < -0.4 is 11.2 Å². The van der Waals surface area contributed by atoms with E-state index in [-0.39, 0.29) is 43.6 Å². The first kappa shape index (κ1) is 25.9. The molecule has 4 rings (SSSR count). The van der Waals surface area contributed by atoms with E-state index in [0.717, 1.165) is 35.8 Å². The van der Waals surface area contributed by atoms with Gasteiger partial charge in [-0.1, -0.05) is 23.4 Å². The van der Waals surface area contributed by atoms with Crippen molar-refractivity contribution in [3.63, 3.8) is 0 Å². The molecule has 2 heterocycles. The van der Waals surface area contributed by atoms with Crippen molar-refractivity contribution in [1.82, 2.24) is 14.0 Å².